The van der Waals surface area contributed by atoms with Crippen LogP contribution < -0.4 is 24.3 Å². The lowest BCUT2D eigenvalue weighted by molar-refractivity contribution is -0.123. The molecule has 3 heterocycles. The first-order chi connectivity index (χ1) is 17.1. The Morgan fingerprint density at radius 3 is 2.37 bits per heavy atom. The molecule has 2 aromatic carbocycles. The second kappa shape index (κ2) is 10.7. The van der Waals surface area contributed by atoms with E-state index in [1.54, 1.807) is 7.11 Å². The van der Waals surface area contributed by atoms with Crippen LogP contribution in [0.15, 0.2) is 42.5 Å². The molecule has 2 bridgehead atoms. The summed E-state index contributed by atoms with van der Waals surface area (Å²) >= 11 is 0. The maximum absolute atomic E-state index is 12.9. The second-order valence-corrected chi connectivity index (χ2v) is 9.46. The van der Waals surface area contributed by atoms with Crippen LogP contribution >= 0.6 is 0 Å². The molecule has 0 aliphatic carbocycles. The van der Waals surface area contributed by atoms with E-state index in [2.05, 4.69) is 10.2 Å². The van der Waals surface area contributed by atoms with Crippen LogP contribution in [0, 0.1) is 0 Å². The number of methoxy groups -OCH3 is 1. The first-order valence-electron chi connectivity index (χ1n) is 12.5. The van der Waals surface area contributed by atoms with Crippen LogP contribution in [0.1, 0.15) is 43.8 Å². The summed E-state index contributed by atoms with van der Waals surface area (Å²) in [6.45, 7) is 1.87. The van der Waals surface area contributed by atoms with Crippen molar-refractivity contribution in [1.82, 2.24) is 10.2 Å². The van der Waals surface area contributed by atoms with Gasteiger partial charge >= 0.3 is 0 Å². The Labute approximate surface area is 206 Å². The number of rotatable bonds is 10. The zero-order chi connectivity index (χ0) is 24.2. The van der Waals surface area contributed by atoms with Crippen molar-refractivity contribution in [1.29, 1.82) is 0 Å². The van der Waals surface area contributed by atoms with Gasteiger partial charge in [0.05, 0.1) is 26.2 Å². The summed E-state index contributed by atoms with van der Waals surface area (Å²) < 4.78 is 22.2. The average Bonchev–Trinajstić information content (AvgIpc) is 3.47. The lowest BCUT2D eigenvalue weighted by atomic mass is 10.0. The molecule has 1 amide bonds. The number of benzene rings is 2. The van der Waals surface area contributed by atoms with Crippen LogP contribution in [0.4, 0.5) is 0 Å². The van der Waals surface area contributed by atoms with E-state index in [0.717, 1.165) is 5.75 Å². The predicted molar refractivity (Wildman–Crippen MR) is 130 cm³/mol. The maximum Gasteiger partial charge on any atom is 0.223 e. The topological polar surface area (TPSA) is 89.5 Å². The van der Waals surface area contributed by atoms with Gasteiger partial charge in [0, 0.05) is 18.6 Å². The molecule has 2 N–H and O–H groups in total. The summed E-state index contributed by atoms with van der Waals surface area (Å²) in [5.74, 6) is 2.60. The van der Waals surface area contributed by atoms with Crippen LogP contribution in [0.5, 0.6) is 23.0 Å². The number of carbonyl (C=O) groups is 1. The lowest BCUT2D eigenvalue weighted by Gasteiger charge is -2.32. The largest absolute Gasteiger partial charge is 0.497 e. The molecule has 2 atom stereocenters. The number of ether oxygens (including phenoxy) is 4. The van der Waals surface area contributed by atoms with Gasteiger partial charge in [-0.15, -0.1) is 0 Å². The minimum Gasteiger partial charge on any atom is -0.497 e. The number of aliphatic hydroxyl groups excluding tert-OH is 1. The van der Waals surface area contributed by atoms with E-state index >= 15 is 0 Å². The highest BCUT2D eigenvalue weighted by Gasteiger charge is 2.41. The van der Waals surface area contributed by atoms with Crippen molar-refractivity contribution in [3.63, 3.8) is 0 Å². The quantitative estimate of drug-likeness (QED) is 0.538. The minimum atomic E-state index is -0.864. The highest BCUT2D eigenvalue weighted by Crippen LogP contribution is 2.39. The molecule has 188 valence electrons. The van der Waals surface area contributed by atoms with Gasteiger partial charge in [0.25, 0.3) is 0 Å². The molecular weight excluding hydrogens is 448 g/mol. The molecule has 2 aromatic rings. The molecule has 0 aromatic heterocycles. The monoisotopic (exact) mass is 482 g/mol. The van der Waals surface area contributed by atoms with Gasteiger partial charge in [0.2, 0.25) is 5.91 Å². The summed E-state index contributed by atoms with van der Waals surface area (Å²) in [7, 11) is 1.61. The molecule has 3 aliphatic heterocycles. The molecule has 2 fully saturated rings. The Balaban J connectivity index is 1.23. The zero-order valence-corrected chi connectivity index (χ0v) is 20.2. The number of hydrogen-bond donors (Lipinski definition) is 2. The van der Waals surface area contributed by atoms with Crippen LogP contribution in [0.3, 0.4) is 0 Å². The molecule has 8 nitrogen and oxygen atoms in total. The van der Waals surface area contributed by atoms with E-state index in [-0.39, 0.29) is 18.9 Å². The van der Waals surface area contributed by atoms with E-state index in [0.29, 0.717) is 54.7 Å². The van der Waals surface area contributed by atoms with Crippen LogP contribution in [-0.2, 0) is 4.79 Å². The van der Waals surface area contributed by atoms with E-state index in [1.165, 1.54) is 25.7 Å². The number of aliphatic hydroxyl groups is 1. The standard InChI is InChI=1S/C27H34N2O6/c1-32-21-7-9-22(10-8-21)33-13-12-26(30)28-23(17-29-19-3-4-20(29)6-5-19)27(31)18-2-11-24-25(16-18)35-15-14-34-24/h2,7-11,16,19-20,23,27,31H,3-6,12-15,17H2,1H3,(H,28,30)/t19?,20?,23-,27-/m1/s1. The summed E-state index contributed by atoms with van der Waals surface area (Å²) in [6, 6.07) is 13.4. The summed E-state index contributed by atoms with van der Waals surface area (Å²) in [5, 5.41) is 14.4. The van der Waals surface area contributed by atoms with Crippen molar-refractivity contribution in [3.05, 3.63) is 48.0 Å². The molecule has 35 heavy (non-hydrogen) atoms. The van der Waals surface area contributed by atoms with Gasteiger partial charge < -0.3 is 29.4 Å². The zero-order valence-electron chi connectivity index (χ0n) is 20.2. The van der Waals surface area contributed by atoms with Gasteiger partial charge in [-0.2, -0.15) is 0 Å². The third kappa shape index (κ3) is 5.49. The predicted octanol–water partition coefficient (Wildman–Crippen LogP) is 3.08. The molecule has 8 heteroatoms. The summed E-state index contributed by atoms with van der Waals surface area (Å²) in [6.07, 6.45) is 4.12. The van der Waals surface area contributed by atoms with Crippen molar-refractivity contribution in [2.75, 3.05) is 33.5 Å². The van der Waals surface area contributed by atoms with E-state index in [4.69, 9.17) is 18.9 Å². The average molecular weight is 483 g/mol. The fourth-order valence-electron chi connectivity index (χ4n) is 5.46. The normalized spacial score (nSPS) is 22.5. The first-order valence-corrected chi connectivity index (χ1v) is 12.5. The first kappa shape index (κ1) is 23.8. The highest BCUT2D eigenvalue weighted by molar-refractivity contribution is 5.76. The van der Waals surface area contributed by atoms with Crippen molar-refractivity contribution in [3.8, 4) is 23.0 Å². The minimum absolute atomic E-state index is 0.147. The molecule has 0 saturated carbocycles. The van der Waals surface area contributed by atoms with Crippen molar-refractivity contribution < 1.29 is 28.8 Å². The Morgan fingerprint density at radius 1 is 1.03 bits per heavy atom. The van der Waals surface area contributed by atoms with Crippen LogP contribution in [-0.4, -0.2) is 67.5 Å². The van der Waals surface area contributed by atoms with Gasteiger partial charge in [-0.05, 0) is 67.6 Å². The second-order valence-electron chi connectivity index (χ2n) is 9.46. The molecule has 3 aliphatic rings. The Kier molecular flexibility index (Phi) is 7.29. The number of nitrogens with one attached hydrogen (secondary N) is 1. The molecule has 0 unspecified atom stereocenters. The molecule has 5 rings (SSSR count). The van der Waals surface area contributed by atoms with Gasteiger partial charge in [0.15, 0.2) is 11.5 Å². The van der Waals surface area contributed by atoms with E-state index in [1.807, 2.05) is 42.5 Å². The van der Waals surface area contributed by atoms with Crippen molar-refractivity contribution >= 4 is 5.91 Å². The molecule has 2 saturated heterocycles. The maximum atomic E-state index is 12.9. The lowest BCUT2D eigenvalue weighted by Crippen LogP contribution is -2.48. The van der Waals surface area contributed by atoms with E-state index < -0.39 is 12.1 Å². The van der Waals surface area contributed by atoms with Gasteiger partial charge in [-0.3, -0.25) is 9.69 Å². The number of amides is 1. The SMILES string of the molecule is COc1ccc(OCCC(=O)N[C@H](CN2C3CCC2CC3)[C@H](O)c2ccc3c(c2)OCCO3)cc1. The van der Waals surface area contributed by atoms with Gasteiger partial charge in [-0.1, -0.05) is 6.07 Å². The number of hydrogen-bond acceptors (Lipinski definition) is 7. The molecular formula is C27H34N2O6. The van der Waals surface area contributed by atoms with E-state index in [9.17, 15) is 9.90 Å². The fourth-order valence-corrected chi connectivity index (χ4v) is 5.46. The van der Waals surface area contributed by atoms with Crippen LogP contribution in [0.25, 0.3) is 0 Å². The molecule has 0 spiro atoms. The Hall–Kier alpha value is -2.97. The fraction of sp³-hybridized carbons (Fsp3) is 0.519. The van der Waals surface area contributed by atoms with Gasteiger partial charge in [-0.25, -0.2) is 0 Å². The number of nitrogens with zero attached hydrogens (tertiary/aromatic N) is 1. The highest BCUT2D eigenvalue weighted by atomic mass is 16.6. The number of carbonyl (C=O) groups excluding carboxylic acids is 1. The smallest absolute Gasteiger partial charge is 0.223 e. The third-order valence-corrected chi connectivity index (χ3v) is 7.30. The summed E-state index contributed by atoms with van der Waals surface area (Å²) in [4.78, 5) is 15.4. The number of fused-ring (bicyclic) bond motifs is 3. The van der Waals surface area contributed by atoms with Crippen molar-refractivity contribution in [2.24, 2.45) is 0 Å². The third-order valence-electron chi connectivity index (χ3n) is 7.30. The van der Waals surface area contributed by atoms with Gasteiger partial charge in [0.1, 0.15) is 30.8 Å². The Bertz CT molecular complexity index is 993. The van der Waals surface area contributed by atoms with Crippen molar-refractivity contribution in [2.45, 2.75) is 56.3 Å². The summed E-state index contributed by atoms with van der Waals surface area (Å²) in [5.41, 5.74) is 0.709. The Morgan fingerprint density at radius 2 is 1.69 bits per heavy atom. The molecule has 0 radical (unpaired) electrons. The van der Waals surface area contributed by atoms with Crippen LogP contribution in [0.2, 0.25) is 0 Å².